The Bertz CT molecular complexity index is 1680. The van der Waals surface area contributed by atoms with Crippen LogP contribution in [-0.4, -0.2) is 37.4 Å². The van der Waals surface area contributed by atoms with Crippen LogP contribution in [0, 0.1) is 5.92 Å². The molecule has 0 radical (unpaired) electrons. The highest BCUT2D eigenvalue weighted by Gasteiger charge is 2.26. The van der Waals surface area contributed by atoms with Crippen LogP contribution in [0.3, 0.4) is 0 Å². The van der Waals surface area contributed by atoms with Gasteiger partial charge in [-0.1, -0.05) is 87.0 Å². The molecule has 0 atom stereocenters. The van der Waals surface area contributed by atoms with Gasteiger partial charge in [-0.05, 0) is 71.6 Å². The van der Waals surface area contributed by atoms with Crippen LogP contribution in [0.25, 0.3) is 0 Å². The van der Waals surface area contributed by atoms with Crippen molar-refractivity contribution in [1.82, 2.24) is 14.7 Å². The summed E-state index contributed by atoms with van der Waals surface area (Å²) in [4.78, 5) is 24.9. The fourth-order valence-electron chi connectivity index (χ4n) is 5.38. The number of aromatic nitrogens is 2. The fraction of sp³-hybridized carbons (Fsp3) is 0.324. The molecule has 1 N–H and O–H groups in total. The summed E-state index contributed by atoms with van der Waals surface area (Å²) in [5, 5.41) is 0.569. The fourth-order valence-corrected chi connectivity index (χ4v) is 6.56. The number of hydrogen-bond donors (Lipinski definition) is 1. The molecule has 1 fully saturated rings. The molecule has 43 heavy (non-hydrogen) atoms. The van der Waals surface area contributed by atoms with E-state index >= 15 is 0 Å². The van der Waals surface area contributed by atoms with Crippen molar-refractivity contribution < 1.29 is 13.2 Å². The van der Waals surface area contributed by atoms with E-state index in [1.54, 1.807) is 18.2 Å². The van der Waals surface area contributed by atoms with Gasteiger partial charge in [-0.2, -0.15) is 0 Å². The Hall–Kier alpha value is -3.75. The van der Waals surface area contributed by atoms with E-state index in [1.807, 2.05) is 24.3 Å². The van der Waals surface area contributed by atoms with Crippen molar-refractivity contribution in [2.45, 2.75) is 56.8 Å². The third kappa shape index (κ3) is 7.80. The summed E-state index contributed by atoms with van der Waals surface area (Å²) in [5.41, 5.74) is 3.61. The lowest BCUT2D eigenvalue weighted by Crippen LogP contribution is -2.36. The first-order valence-electron chi connectivity index (χ1n) is 14.5. The van der Waals surface area contributed by atoms with E-state index in [2.05, 4.69) is 59.6 Å². The van der Waals surface area contributed by atoms with Gasteiger partial charge in [0.05, 0.1) is 16.2 Å². The van der Waals surface area contributed by atoms with E-state index in [9.17, 15) is 13.2 Å². The molecule has 0 bridgehead atoms. The summed E-state index contributed by atoms with van der Waals surface area (Å²) in [6.07, 6.45) is 4.80. The number of hydrogen-bond acceptors (Lipinski definition) is 6. The summed E-state index contributed by atoms with van der Waals surface area (Å²) >= 11 is 6.23. The number of anilines is 1. The number of halogens is 1. The van der Waals surface area contributed by atoms with Crippen molar-refractivity contribution >= 4 is 33.5 Å². The molecule has 0 saturated carbocycles. The predicted octanol–water partition coefficient (Wildman–Crippen LogP) is 6.60. The second kappa shape index (κ2) is 12.9. The topological polar surface area (TPSA) is 92.3 Å². The lowest BCUT2D eigenvalue weighted by atomic mass is 9.87. The molecule has 9 heteroatoms. The van der Waals surface area contributed by atoms with Crippen molar-refractivity contribution in [1.29, 1.82) is 0 Å². The molecule has 0 spiro atoms. The molecule has 0 unspecified atom stereocenters. The van der Waals surface area contributed by atoms with Gasteiger partial charge < -0.3 is 4.90 Å². The van der Waals surface area contributed by atoms with Crippen molar-refractivity contribution in [3.05, 3.63) is 118 Å². The molecular formula is C34H37ClN4O3S. The molecule has 2 heterocycles. The van der Waals surface area contributed by atoms with Gasteiger partial charge in [-0.25, -0.2) is 23.1 Å². The maximum atomic E-state index is 13.4. The molecular weight excluding hydrogens is 580 g/mol. The molecule has 4 aromatic rings. The quantitative estimate of drug-likeness (QED) is 0.240. The summed E-state index contributed by atoms with van der Waals surface area (Å²) in [7, 11) is -4.12. The number of benzene rings is 3. The van der Waals surface area contributed by atoms with E-state index in [4.69, 9.17) is 16.6 Å². The van der Waals surface area contributed by atoms with Crippen LogP contribution >= 0.6 is 11.6 Å². The number of carbonyl (C=O) groups excluding carboxylic acids is 1. The van der Waals surface area contributed by atoms with Crippen molar-refractivity contribution in [2.75, 3.05) is 18.0 Å². The number of piperidine rings is 1. The summed E-state index contributed by atoms with van der Waals surface area (Å²) < 4.78 is 28.6. The minimum Gasteiger partial charge on any atom is -0.341 e. The van der Waals surface area contributed by atoms with Gasteiger partial charge in [0.2, 0.25) is 5.95 Å². The highest BCUT2D eigenvalue weighted by atomic mass is 35.5. The van der Waals surface area contributed by atoms with Gasteiger partial charge in [-0.15, -0.1) is 0 Å². The number of amides is 1. The maximum absolute atomic E-state index is 13.4. The van der Waals surface area contributed by atoms with Gasteiger partial charge in [0.15, 0.2) is 0 Å². The monoisotopic (exact) mass is 616 g/mol. The third-order valence-electron chi connectivity index (χ3n) is 7.88. The van der Waals surface area contributed by atoms with E-state index in [1.165, 1.54) is 23.9 Å². The van der Waals surface area contributed by atoms with E-state index < -0.39 is 15.9 Å². The first-order valence-corrected chi connectivity index (χ1v) is 16.4. The zero-order valence-electron chi connectivity index (χ0n) is 24.8. The third-order valence-corrected chi connectivity index (χ3v) is 9.46. The Morgan fingerprint density at radius 3 is 2.28 bits per heavy atom. The van der Waals surface area contributed by atoms with Crippen molar-refractivity contribution in [3.63, 3.8) is 0 Å². The minimum atomic E-state index is -4.12. The average molecular weight is 617 g/mol. The van der Waals surface area contributed by atoms with Crippen molar-refractivity contribution in [3.8, 4) is 0 Å². The smallest absolute Gasteiger partial charge is 0.268 e. The van der Waals surface area contributed by atoms with E-state index in [-0.39, 0.29) is 15.9 Å². The summed E-state index contributed by atoms with van der Waals surface area (Å²) in [5.74, 6) is 0.342. The zero-order valence-corrected chi connectivity index (χ0v) is 26.3. The van der Waals surface area contributed by atoms with Crippen LogP contribution in [0.1, 0.15) is 66.4 Å². The lowest BCUT2D eigenvalue weighted by Gasteiger charge is -2.32. The maximum Gasteiger partial charge on any atom is 0.268 e. The van der Waals surface area contributed by atoms with Crippen LogP contribution in [0.5, 0.6) is 0 Å². The van der Waals surface area contributed by atoms with Gasteiger partial charge in [0.25, 0.3) is 15.9 Å². The zero-order chi connectivity index (χ0) is 30.6. The van der Waals surface area contributed by atoms with Gasteiger partial charge in [-0.3, -0.25) is 4.79 Å². The number of sulfonamides is 1. The lowest BCUT2D eigenvalue weighted by molar-refractivity contribution is 0.0979. The minimum absolute atomic E-state index is 0.0150. The molecule has 1 aromatic heterocycles. The molecule has 0 aliphatic carbocycles. The first kappa shape index (κ1) is 30.7. The first-order chi connectivity index (χ1) is 20.5. The summed E-state index contributed by atoms with van der Waals surface area (Å²) in [6, 6.07) is 24.4. The SMILES string of the molecule is CC(C)(C)c1ccc(S(=O)(=O)NC(=O)c2cnc(N3CCC(Cc4ccccc4)CC3)nc2Cc2cccc(Cl)c2)cc1. The molecule has 7 nitrogen and oxygen atoms in total. The predicted molar refractivity (Wildman–Crippen MR) is 171 cm³/mol. The van der Waals surface area contributed by atoms with E-state index in [0.29, 0.717) is 29.0 Å². The van der Waals surface area contributed by atoms with Crippen LogP contribution in [-0.2, 0) is 28.3 Å². The van der Waals surface area contributed by atoms with Gasteiger partial charge in [0, 0.05) is 30.7 Å². The van der Waals surface area contributed by atoms with E-state index in [0.717, 1.165) is 43.5 Å². The Morgan fingerprint density at radius 1 is 0.953 bits per heavy atom. The average Bonchev–Trinajstić information content (AvgIpc) is 2.97. The molecule has 224 valence electrons. The van der Waals surface area contributed by atoms with Gasteiger partial charge in [0.1, 0.15) is 0 Å². The second-order valence-electron chi connectivity index (χ2n) is 12.2. The van der Waals surface area contributed by atoms with Crippen LogP contribution < -0.4 is 9.62 Å². The van der Waals surface area contributed by atoms with Crippen molar-refractivity contribution in [2.24, 2.45) is 5.92 Å². The Kier molecular flexibility index (Phi) is 9.18. The Morgan fingerprint density at radius 2 is 1.63 bits per heavy atom. The second-order valence-corrected chi connectivity index (χ2v) is 14.3. The largest absolute Gasteiger partial charge is 0.341 e. The molecule has 1 amide bonds. The molecule has 1 aliphatic rings. The molecule has 5 rings (SSSR count). The number of carbonyl (C=O) groups is 1. The molecule has 1 saturated heterocycles. The Balaban J connectivity index is 1.36. The Labute approximate surface area is 259 Å². The molecule has 3 aromatic carbocycles. The van der Waals surface area contributed by atoms with Crippen LogP contribution in [0.15, 0.2) is 90.0 Å². The number of nitrogens with zero attached hydrogens (tertiary/aromatic N) is 3. The number of rotatable bonds is 8. The number of nitrogens with one attached hydrogen (secondary N) is 1. The molecule has 1 aliphatic heterocycles. The summed E-state index contributed by atoms with van der Waals surface area (Å²) in [6.45, 7) is 7.76. The van der Waals surface area contributed by atoms with Crippen LogP contribution in [0.4, 0.5) is 5.95 Å². The van der Waals surface area contributed by atoms with Gasteiger partial charge >= 0.3 is 0 Å². The highest BCUT2D eigenvalue weighted by molar-refractivity contribution is 7.90. The highest BCUT2D eigenvalue weighted by Crippen LogP contribution is 2.26. The standard InChI is InChI=1S/C34H37ClN4O3S/c1-34(2,3)27-12-14-29(15-13-27)43(41,42)38-32(40)30-23-36-33(37-31(30)22-26-10-7-11-28(35)21-26)39-18-16-25(17-19-39)20-24-8-5-4-6-9-24/h4-15,21,23,25H,16-20,22H2,1-3H3,(H,38,40). The normalized spacial score (nSPS) is 14.5. The van der Waals surface area contributed by atoms with Crippen LogP contribution in [0.2, 0.25) is 5.02 Å².